The fourth-order valence-corrected chi connectivity index (χ4v) is 4.17. The van der Waals surface area contributed by atoms with Gasteiger partial charge in [-0.05, 0) is 55.5 Å². The minimum absolute atomic E-state index is 0.0226. The number of pyridine rings is 1. The van der Waals surface area contributed by atoms with E-state index in [-0.39, 0.29) is 17.5 Å². The molecular weight excluding hydrogens is 312 g/mol. The largest absolute Gasteiger partial charge is 0.350 e. The van der Waals surface area contributed by atoms with Crippen LogP contribution < -0.4 is 10.9 Å². The van der Waals surface area contributed by atoms with Gasteiger partial charge in [0.05, 0.1) is 0 Å². The predicted octanol–water partition coefficient (Wildman–Crippen LogP) is 4.04. The molecule has 2 aliphatic carbocycles. The second-order valence-electron chi connectivity index (χ2n) is 7.59. The molecular formula is C21H26N2O2. The average molecular weight is 338 g/mol. The number of carbonyl (C=O) groups is 1. The van der Waals surface area contributed by atoms with Crippen molar-refractivity contribution in [1.29, 1.82) is 0 Å². The third-order valence-corrected chi connectivity index (χ3v) is 5.91. The van der Waals surface area contributed by atoms with E-state index in [1.54, 1.807) is 4.57 Å². The maximum Gasteiger partial charge on any atom is 0.268 e. The number of hydrogen-bond acceptors (Lipinski definition) is 2. The van der Waals surface area contributed by atoms with E-state index in [2.05, 4.69) is 5.32 Å². The summed E-state index contributed by atoms with van der Waals surface area (Å²) >= 11 is 0. The van der Waals surface area contributed by atoms with E-state index >= 15 is 0 Å². The second kappa shape index (κ2) is 7.03. The van der Waals surface area contributed by atoms with Gasteiger partial charge in [-0.15, -0.1) is 0 Å². The molecule has 2 aliphatic rings. The van der Waals surface area contributed by atoms with Crippen LogP contribution in [-0.2, 0) is 0 Å². The van der Waals surface area contributed by atoms with Crippen molar-refractivity contribution in [2.45, 2.75) is 57.4 Å². The molecule has 1 aromatic heterocycles. The maximum absolute atomic E-state index is 13.0. The van der Waals surface area contributed by atoms with Gasteiger partial charge in [0.1, 0.15) is 5.69 Å². The molecule has 0 aliphatic heterocycles. The Morgan fingerprint density at radius 2 is 1.80 bits per heavy atom. The zero-order valence-electron chi connectivity index (χ0n) is 14.7. The molecule has 4 rings (SSSR count). The molecule has 1 aromatic carbocycles. The number of carbonyl (C=O) groups excluding carboxylic acids is 1. The van der Waals surface area contributed by atoms with Crippen LogP contribution in [0.4, 0.5) is 0 Å². The number of nitrogens with one attached hydrogen (secondary N) is 1. The monoisotopic (exact) mass is 338 g/mol. The Morgan fingerprint density at radius 1 is 1.04 bits per heavy atom. The SMILES string of the molecule is O=C(NCC1CCCCC1)c1cc2ccccc2c(=O)n1C1CCC1. The Morgan fingerprint density at radius 3 is 2.52 bits per heavy atom. The summed E-state index contributed by atoms with van der Waals surface area (Å²) in [6.07, 6.45) is 9.36. The Balaban J connectivity index is 1.64. The van der Waals surface area contributed by atoms with E-state index in [1.807, 2.05) is 30.3 Å². The van der Waals surface area contributed by atoms with Crippen molar-refractivity contribution in [1.82, 2.24) is 9.88 Å². The molecule has 0 spiro atoms. The van der Waals surface area contributed by atoms with Crippen LogP contribution in [0.1, 0.15) is 67.9 Å². The summed E-state index contributed by atoms with van der Waals surface area (Å²) in [5, 5.41) is 4.66. The summed E-state index contributed by atoms with van der Waals surface area (Å²) in [6, 6.07) is 9.64. The number of benzene rings is 1. The molecule has 0 saturated heterocycles. The van der Waals surface area contributed by atoms with Crippen LogP contribution in [0, 0.1) is 5.92 Å². The highest BCUT2D eigenvalue weighted by molar-refractivity contribution is 5.96. The van der Waals surface area contributed by atoms with E-state index in [1.165, 1.54) is 32.1 Å². The summed E-state index contributed by atoms with van der Waals surface area (Å²) in [4.78, 5) is 25.9. The lowest BCUT2D eigenvalue weighted by Crippen LogP contribution is -2.38. The lowest BCUT2D eigenvalue weighted by atomic mass is 9.89. The van der Waals surface area contributed by atoms with Crippen molar-refractivity contribution in [2.24, 2.45) is 5.92 Å². The normalized spacial score (nSPS) is 18.9. The Hall–Kier alpha value is -2.10. The van der Waals surface area contributed by atoms with E-state index in [9.17, 15) is 9.59 Å². The van der Waals surface area contributed by atoms with E-state index in [4.69, 9.17) is 0 Å². The molecule has 1 N–H and O–H groups in total. The van der Waals surface area contributed by atoms with Crippen LogP contribution in [-0.4, -0.2) is 17.0 Å². The minimum atomic E-state index is -0.0969. The first-order valence-electron chi connectivity index (χ1n) is 9.66. The molecule has 0 bridgehead atoms. The highest BCUT2D eigenvalue weighted by Gasteiger charge is 2.26. The van der Waals surface area contributed by atoms with Crippen LogP contribution in [0.3, 0.4) is 0 Å². The fraction of sp³-hybridized carbons (Fsp3) is 0.524. The van der Waals surface area contributed by atoms with Gasteiger partial charge in [-0.3, -0.25) is 9.59 Å². The zero-order valence-corrected chi connectivity index (χ0v) is 14.7. The van der Waals surface area contributed by atoms with Crippen LogP contribution in [0.15, 0.2) is 35.1 Å². The summed E-state index contributed by atoms with van der Waals surface area (Å²) in [7, 11) is 0. The molecule has 2 fully saturated rings. The number of rotatable bonds is 4. The summed E-state index contributed by atoms with van der Waals surface area (Å²) in [5.41, 5.74) is 0.509. The topological polar surface area (TPSA) is 51.1 Å². The van der Waals surface area contributed by atoms with Crippen molar-refractivity contribution in [3.8, 4) is 0 Å². The van der Waals surface area contributed by atoms with E-state index < -0.39 is 0 Å². The van der Waals surface area contributed by atoms with Gasteiger partial charge >= 0.3 is 0 Å². The van der Waals surface area contributed by atoms with Gasteiger partial charge in [0.15, 0.2) is 0 Å². The van der Waals surface area contributed by atoms with Gasteiger partial charge in [-0.2, -0.15) is 0 Å². The van der Waals surface area contributed by atoms with E-state index in [0.717, 1.165) is 31.2 Å². The molecule has 4 nitrogen and oxygen atoms in total. The predicted molar refractivity (Wildman–Crippen MR) is 100 cm³/mol. The van der Waals surface area contributed by atoms with Gasteiger partial charge in [0.2, 0.25) is 0 Å². The van der Waals surface area contributed by atoms with Crippen LogP contribution in [0.25, 0.3) is 10.8 Å². The van der Waals surface area contributed by atoms with E-state index in [0.29, 0.717) is 17.0 Å². The van der Waals surface area contributed by atoms with Crippen LogP contribution in [0.2, 0.25) is 0 Å². The molecule has 1 heterocycles. The Kier molecular flexibility index (Phi) is 4.60. The van der Waals surface area contributed by atoms with Crippen molar-refractivity contribution < 1.29 is 4.79 Å². The number of fused-ring (bicyclic) bond motifs is 1. The maximum atomic E-state index is 13.0. The molecule has 4 heteroatoms. The lowest BCUT2D eigenvalue weighted by Gasteiger charge is -2.30. The molecule has 2 saturated carbocycles. The van der Waals surface area contributed by atoms with Crippen LogP contribution >= 0.6 is 0 Å². The third kappa shape index (κ3) is 3.22. The third-order valence-electron chi connectivity index (χ3n) is 5.91. The molecule has 25 heavy (non-hydrogen) atoms. The molecule has 0 radical (unpaired) electrons. The second-order valence-corrected chi connectivity index (χ2v) is 7.59. The highest BCUT2D eigenvalue weighted by atomic mass is 16.2. The van der Waals surface area contributed by atoms with Gasteiger partial charge in [0, 0.05) is 18.0 Å². The van der Waals surface area contributed by atoms with Crippen molar-refractivity contribution in [2.75, 3.05) is 6.54 Å². The minimum Gasteiger partial charge on any atom is -0.350 e. The Bertz CT molecular complexity index is 829. The fourth-order valence-electron chi connectivity index (χ4n) is 4.17. The first-order chi connectivity index (χ1) is 12.2. The summed E-state index contributed by atoms with van der Waals surface area (Å²) < 4.78 is 1.75. The number of hydrogen-bond donors (Lipinski definition) is 1. The summed E-state index contributed by atoms with van der Waals surface area (Å²) in [6.45, 7) is 0.727. The Labute approximate surface area is 148 Å². The van der Waals surface area contributed by atoms with Crippen molar-refractivity contribution in [3.05, 3.63) is 46.4 Å². The van der Waals surface area contributed by atoms with Crippen molar-refractivity contribution >= 4 is 16.7 Å². The zero-order chi connectivity index (χ0) is 17.2. The van der Waals surface area contributed by atoms with Crippen LogP contribution in [0.5, 0.6) is 0 Å². The summed E-state index contributed by atoms with van der Waals surface area (Å²) in [5.74, 6) is 0.488. The molecule has 2 aromatic rings. The quantitative estimate of drug-likeness (QED) is 0.915. The highest BCUT2D eigenvalue weighted by Crippen LogP contribution is 2.32. The van der Waals surface area contributed by atoms with Gasteiger partial charge in [0.25, 0.3) is 11.5 Å². The molecule has 0 unspecified atom stereocenters. The van der Waals surface area contributed by atoms with Gasteiger partial charge in [-0.1, -0.05) is 37.5 Å². The van der Waals surface area contributed by atoms with Gasteiger partial charge in [-0.25, -0.2) is 0 Å². The molecule has 132 valence electrons. The molecule has 0 atom stereocenters. The average Bonchev–Trinajstić information content (AvgIpc) is 2.61. The smallest absolute Gasteiger partial charge is 0.268 e. The molecule has 1 amide bonds. The first-order valence-corrected chi connectivity index (χ1v) is 9.66. The van der Waals surface area contributed by atoms with Crippen molar-refractivity contribution in [3.63, 3.8) is 0 Å². The van der Waals surface area contributed by atoms with Gasteiger partial charge < -0.3 is 9.88 Å². The standard InChI is InChI=1S/C21H26N2O2/c24-20(22-14-15-7-2-1-3-8-15)19-13-16-9-4-5-12-18(16)21(25)23(19)17-10-6-11-17/h4-5,9,12-13,15,17H,1-3,6-8,10-11,14H2,(H,22,24). The number of amides is 1. The number of nitrogens with zero attached hydrogens (tertiary/aromatic N) is 1. The lowest BCUT2D eigenvalue weighted by molar-refractivity contribution is 0.0926. The first kappa shape index (κ1) is 16.4. The number of aromatic nitrogens is 1.